The molecule has 0 saturated carbocycles. The molecule has 3 aromatic carbocycles. The topological polar surface area (TPSA) is 109 Å². The lowest BCUT2D eigenvalue weighted by atomic mass is 9.92. The number of hydrogen-bond donors (Lipinski definition) is 1. The minimum Gasteiger partial charge on any atom is -0.504 e. The molecular formula is C31H28N2O7S. The molecule has 1 aliphatic rings. The van der Waals surface area contributed by atoms with E-state index in [0.717, 1.165) is 0 Å². The number of ether oxygens (including phenoxy) is 4. The third kappa shape index (κ3) is 5.09. The first-order chi connectivity index (χ1) is 19.9. The number of fused-ring (bicyclic) bond motifs is 1. The van der Waals surface area contributed by atoms with Gasteiger partial charge in [0, 0.05) is 11.1 Å². The fourth-order valence-corrected chi connectivity index (χ4v) is 5.80. The van der Waals surface area contributed by atoms with Gasteiger partial charge >= 0.3 is 5.97 Å². The molecule has 0 amide bonds. The normalized spacial score (nSPS) is 14.7. The van der Waals surface area contributed by atoms with E-state index in [9.17, 15) is 14.7 Å². The lowest BCUT2D eigenvalue weighted by Crippen LogP contribution is -2.40. The molecule has 10 heteroatoms. The van der Waals surface area contributed by atoms with Gasteiger partial charge in [0.25, 0.3) is 5.56 Å². The Balaban J connectivity index is 1.87. The second-order valence-electron chi connectivity index (χ2n) is 8.95. The number of phenolic OH excluding ortho intramolecular Hbond substituents is 1. The summed E-state index contributed by atoms with van der Waals surface area (Å²) in [5.74, 6) is 0.505. The molecule has 0 saturated heterocycles. The molecule has 0 bridgehead atoms. The number of phenols is 1. The molecule has 0 radical (unpaired) electrons. The number of hydrogen-bond acceptors (Lipinski definition) is 9. The minimum absolute atomic E-state index is 0.0113. The molecule has 0 aliphatic carbocycles. The molecule has 4 aromatic rings. The first kappa shape index (κ1) is 27.7. The van der Waals surface area contributed by atoms with E-state index in [-0.39, 0.29) is 29.2 Å². The van der Waals surface area contributed by atoms with E-state index in [2.05, 4.69) is 0 Å². The Morgan fingerprint density at radius 3 is 2.44 bits per heavy atom. The van der Waals surface area contributed by atoms with Crippen LogP contribution in [0.3, 0.4) is 0 Å². The highest BCUT2D eigenvalue weighted by Crippen LogP contribution is 2.42. The van der Waals surface area contributed by atoms with E-state index in [4.69, 9.17) is 23.9 Å². The molecule has 1 aliphatic heterocycles. The second-order valence-corrected chi connectivity index (χ2v) is 9.95. The molecule has 1 unspecified atom stereocenters. The van der Waals surface area contributed by atoms with Crippen LogP contribution in [0, 0.1) is 0 Å². The Hall–Kier alpha value is -4.83. The van der Waals surface area contributed by atoms with Crippen LogP contribution in [-0.2, 0) is 9.53 Å². The molecule has 1 atom stereocenters. The van der Waals surface area contributed by atoms with Gasteiger partial charge in [0.05, 0.1) is 43.7 Å². The summed E-state index contributed by atoms with van der Waals surface area (Å²) < 4.78 is 23.9. The number of methoxy groups -OCH3 is 3. The highest BCUT2D eigenvalue weighted by Gasteiger charge is 2.37. The number of carbonyl (C=O) groups excluding carboxylic acids is 1. The van der Waals surface area contributed by atoms with Crippen LogP contribution < -0.4 is 29.1 Å². The van der Waals surface area contributed by atoms with Crippen LogP contribution in [0.1, 0.15) is 29.7 Å². The minimum atomic E-state index is -0.929. The number of benzene rings is 3. The summed E-state index contributed by atoms with van der Waals surface area (Å²) in [5, 5.41) is 10.0. The van der Waals surface area contributed by atoms with Crippen molar-refractivity contribution in [3.05, 3.63) is 109 Å². The van der Waals surface area contributed by atoms with E-state index in [1.807, 2.05) is 30.3 Å². The van der Waals surface area contributed by atoms with E-state index < -0.39 is 12.0 Å². The van der Waals surface area contributed by atoms with Crippen molar-refractivity contribution in [1.82, 2.24) is 4.57 Å². The molecule has 41 heavy (non-hydrogen) atoms. The third-order valence-electron chi connectivity index (χ3n) is 6.60. The number of carbonyl (C=O) groups is 1. The number of rotatable bonds is 8. The molecule has 1 aromatic heterocycles. The van der Waals surface area contributed by atoms with Crippen LogP contribution in [0.25, 0.3) is 11.8 Å². The van der Waals surface area contributed by atoms with E-state index in [0.29, 0.717) is 43.2 Å². The molecule has 210 valence electrons. The first-order valence-corrected chi connectivity index (χ1v) is 13.6. The van der Waals surface area contributed by atoms with Gasteiger partial charge in [-0.2, -0.15) is 0 Å². The number of nitrogens with zero attached hydrogens (tertiary/aromatic N) is 2. The van der Waals surface area contributed by atoms with Crippen LogP contribution in [0.15, 0.2) is 82.1 Å². The standard InChI is InChI=1S/C31H28N2O7S/c1-5-40-30(36)25-26(19-10-7-6-8-11-19)32-31-33(27(25)20-12-9-13-22(37-2)28(20)39-4)29(35)24(41-31)17-18-14-15-21(34)23(16-18)38-3/h6-17,27,34H,5H2,1-4H3. The van der Waals surface area contributed by atoms with Gasteiger partial charge < -0.3 is 24.1 Å². The molecular weight excluding hydrogens is 544 g/mol. The van der Waals surface area contributed by atoms with Gasteiger partial charge in [-0.05, 0) is 36.8 Å². The quantitative estimate of drug-likeness (QED) is 0.321. The number of thiazole rings is 1. The van der Waals surface area contributed by atoms with Gasteiger partial charge in [-0.15, -0.1) is 0 Å². The predicted molar refractivity (Wildman–Crippen MR) is 155 cm³/mol. The van der Waals surface area contributed by atoms with Crippen molar-refractivity contribution in [3.63, 3.8) is 0 Å². The van der Waals surface area contributed by atoms with Crippen molar-refractivity contribution in [2.45, 2.75) is 13.0 Å². The average molecular weight is 573 g/mol. The van der Waals surface area contributed by atoms with E-state index in [1.165, 1.54) is 43.3 Å². The first-order valence-electron chi connectivity index (χ1n) is 12.8. The van der Waals surface area contributed by atoms with Crippen LogP contribution in [0.2, 0.25) is 0 Å². The van der Waals surface area contributed by atoms with Crippen molar-refractivity contribution < 1.29 is 28.8 Å². The van der Waals surface area contributed by atoms with Crippen LogP contribution in [0.4, 0.5) is 0 Å². The number of aromatic nitrogens is 1. The molecule has 0 fully saturated rings. The van der Waals surface area contributed by atoms with E-state index in [1.54, 1.807) is 43.3 Å². The maximum absolute atomic E-state index is 14.1. The number of para-hydroxylation sites is 1. The van der Waals surface area contributed by atoms with Crippen molar-refractivity contribution >= 4 is 29.1 Å². The maximum atomic E-state index is 14.1. The van der Waals surface area contributed by atoms with Gasteiger partial charge in [0.15, 0.2) is 27.8 Å². The molecule has 1 N–H and O–H groups in total. The molecule has 5 rings (SSSR count). The van der Waals surface area contributed by atoms with Crippen molar-refractivity contribution in [2.24, 2.45) is 4.99 Å². The predicted octanol–water partition coefficient (Wildman–Crippen LogP) is 3.67. The zero-order valence-electron chi connectivity index (χ0n) is 22.9. The van der Waals surface area contributed by atoms with Crippen LogP contribution in [0.5, 0.6) is 23.0 Å². The highest BCUT2D eigenvalue weighted by atomic mass is 32.1. The van der Waals surface area contributed by atoms with Crippen molar-refractivity contribution in [3.8, 4) is 23.0 Å². The third-order valence-corrected chi connectivity index (χ3v) is 7.59. The van der Waals surface area contributed by atoms with Gasteiger partial charge in [-0.3, -0.25) is 9.36 Å². The Morgan fingerprint density at radius 2 is 1.76 bits per heavy atom. The fourth-order valence-electron chi connectivity index (χ4n) is 4.80. The lowest BCUT2D eigenvalue weighted by Gasteiger charge is -2.27. The Labute approximate surface area is 239 Å². The van der Waals surface area contributed by atoms with Gasteiger partial charge in [-0.25, -0.2) is 9.79 Å². The monoisotopic (exact) mass is 572 g/mol. The highest BCUT2D eigenvalue weighted by molar-refractivity contribution is 7.07. The molecule has 0 spiro atoms. The summed E-state index contributed by atoms with van der Waals surface area (Å²) in [4.78, 5) is 33.0. The maximum Gasteiger partial charge on any atom is 0.338 e. The summed E-state index contributed by atoms with van der Waals surface area (Å²) in [6, 6.07) is 18.5. The zero-order chi connectivity index (χ0) is 29.1. The largest absolute Gasteiger partial charge is 0.504 e. The summed E-state index contributed by atoms with van der Waals surface area (Å²) in [7, 11) is 4.49. The summed E-state index contributed by atoms with van der Waals surface area (Å²) >= 11 is 1.19. The average Bonchev–Trinajstić information content (AvgIpc) is 3.31. The fraction of sp³-hybridized carbons (Fsp3) is 0.194. The summed E-state index contributed by atoms with van der Waals surface area (Å²) in [6.45, 7) is 1.86. The van der Waals surface area contributed by atoms with Crippen LogP contribution >= 0.6 is 11.3 Å². The van der Waals surface area contributed by atoms with Crippen LogP contribution in [-0.4, -0.2) is 43.6 Å². The SMILES string of the molecule is CCOC(=O)C1=C(c2ccccc2)N=c2sc(=Cc3ccc(O)c(OC)c3)c(=O)n2C1c1cccc(OC)c1OC. The van der Waals surface area contributed by atoms with Crippen molar-refractivity contribution in [2.75, 3.05) is 27.9 Å². The zero-order valence-corrected chi connectivity index (χ0v) is 23.7. The Bertz CT molecular complexity index is 1820. The smallest absolute Gasteiger partial charge is 0.338 e. The summed E-state index contributed by atoms with van der Waals surface area (Å²) in [5.41, 5.74) is 2.13. The second kappa shape index (κ2) is 11.7. The lowest BCUT2D eigenvalue weighted by molar-refractivity contribution is -0.138. The number of esters is 1. The van der Waals surface area contributed by atoms with Gasteiger partial charge in [0.2, 0.25) is 0 Å². The Kier molecular flexibility index (Phi) is 7.93. The molecule has 9 nitrogen and oxygen atoms in total. The summed E-state index contributed by atoms with van der Waals surface area (Å²) in [6.07, 6.45) is 1.70. The van der Waals surface area contributed by atoms with E-state index >= 15 is 0 Å². The van der Waals surface area contributed by atoms with Gasteiger partial charge in [0.1, 0.15) is 6.04 Å². The molecule has 2 heterocycles. The van der Waals surface area contributed by atoms with Crippen molar-refractivity contribution in [1.29, 1.82) is 0 Å². The van der Waals surface area contributed by atoms with Gasteiger partial charge in [-0.1, -0.05) is 59.9 Å². The Morgan fingerprint density at radius 1 is 1.00 bits per heavy atom. The number of aromatic hydroxyl groups is 1.